The number of anilines is 1. The molecule has 192 valence electrons. The molecular formula is C22H20ClF3N4O5S. The van der Waals surface area contributed by atoms with Gasteiger partial charge in [0.15, 0.2) is 0 Å². The molecule has 0 unspecified atom stereocenters. The number of aryl methyl sites for hydroxylation is 1. The van der Waals surface area contributed by atoms with Gasteiger partial charge in [0.25, 0.3) is 0 Å². The summed E-state index contributed by atoms with van der Waals surface area (Å²) in [6, 6.07) is 9.03. The Hall–Kier alpha value is -3.16. The Balaban J connectivity index is 1.47. The van der Waals surface area contributed by atoms with Gasteiger partial charge in [-0.05, 0) is 55.3 Å². The fraction of sp³-hybridized carbons (Fsp3) is 0.318. The van der Waals surface area contributed by atoms with Gasteiger partial charge in [-0.1, -0.05) is 16.8 Å². The van der Waals surface area contributed by atoms with Crippen molar-refractivity contribution in [3.63, 3.8) is 0 Å². The number of alkyl halides is 3. The van der Waals surface area contributed by atoms with Crippen molar-refractivity contribution < 1.29 is 35.6 Å². The van der Waals surface area contributed by atoms with E-state index in [-0.39, 0.29) is 34.5 Å². The lowest BCUT2D eigenvalue weighted by atomic mass is 9.99. The lowest BCUT2D eigenvalue weighted by Gasteiger charge is -2.31. The number of piperidine rings is 1. The van der Waals surface area contributed by atoms with Crippen LogP contribution < -0.4 is 10.1 Å². The van der Waals surface area contributed by atoms with Crippen LogP contribution in [0, 0.1) is 12.8 Å². The molecule has 1 aliphatic heterocycles. The fourth-order valence-electron chi connectivity index (χ4n) is 3.75. The molecular weight excluding hydrogens is 525 g/mol. The van der Waals surface area contributed by atoms with Crippen molar-refractivity contribution in [1.82, 2.24) is 14.4 Å². The molecule has 9 nitrogen and oxygen atoms in total. The zero-order valence-corrected chi connectivity index (χ0v) is 20.3. The summed E-state index contributed by atoms with van der Waals surface area (Å²) in [4.78, 5) is 16.8. The van der Waals surface area contributed by atoms with Gasteiger partial charge in [-0.2, -0.15) is 9.29 Å². The van der Waals surface area contributed by atoms with E-state index in [0.717, 1.165) is 12.1 Å². The third-order valence-electron chi connectivity index (χ3n) is 5.45. The van der Waals surface area contributed by atoms with Crippen LogP contribution in [0.15, 0.2) is 51.9 Å². The summed E-state index contributed by atoms with van der Waals surface area (Å²) >= 11 is 6.22. The first-order valence-electron chi connectivity index (χ1n) is 10.7. The molecule has 1 amide bonds. The second-order valence-corrected chi connectivity index (χ2v) is 10.4. The lowest BCUT2D eigenvalue weighted by molar-refractivity contribution is -0.274. The summed E-state index contributed by atoms with van der Waals surface area (Å²) in [6.07, 6.45) is -3.96. The highest BCUT2D eigenvalue weighted by Crippen LogP contribution is 2.32. The molecule has 36 heavy (non-hydrogen) atoms. The largest absolute Gasteiger partial charge is 0.573 e. The van der Waals surface area contributed by atoms with E-state index >= 15 is 0 Å². The number of nitrogens with zero attached hydrogens (tertiary/aromatic N) is 3. The third kappa shape index (κ3) is 5.97. The van der Waals surface area contributed by atoms with Crippen LogP contribution in [-0.2, 0) is 14.8 Å². The van der Waals surface area contributed by atoms with Crippen LogP contribution >= 0.6 is 11.6 Å². The lowest BCUT2D eigenvalue weighted by Crippen LogP contribution is -2.43. The van der Waals surface area contributed by atoms with Crippen molar-refractivity contribution in [2.45, 2.75) is 31.0 Å². The molecule has 14 heteroatoms. The number of hydrogen-bond acceptors (Lipinski definition) is 7. The maximum Gasteiger partial charge on any atom is 0.573 e. The number of amides is 1. The van der Waals surface area contributed by atoms with Gasteiger partial charge in [0, 0.05) is 31.3 Å². The minimum absolute atomic E-state index is 0.00621. The highest BCUT2D eigenvalue weighted by Gasteiger charge is 2.35. The number of hydrogen-bond donors (Lipinski definition) is 1. The smallest absolute Gasteiger partial charge is 0.406 e. The quantitative estimate of drug-likeness (QED) is 0.481. The van der Waals surface area contributed by atoms with E-state index in [2.05, 4.69) is 20.2 Å². The molecule has 1 atom stereocenters. The van der Waals surface area contributed by atoms with Crippen molar-refractivity contribution in [3.05, 3.63) is 53.4 Å². The summed E-state index contributed by atoms with van der Waals surface area (Å²) < 4.78 is 73.7. The Kier molecular flexibility index (Phi) is 7.25. The number of benzene rings is 2. The predicted molar refractivity (Wildman–Crippen MR) is 123 cm³/mol. The van der Waals surface area contributed by atoms with E-state index in [9.17, 15) is 26.4 Å². The molecule has 2 heterocycles. The predicted octanol–water partition coefficient (Wildman–Crippen LogP) is 4.64. The van der Waals surface area contributed by atoms with E-state index in [0.29, 0.717) is 24.3 Å². The molecule has 0 radical (unpaired) electrons. The second-order valence-electron chi connectivity index (χ2n) is 8.05. The molecule has 4 rings (SSSR count). The summed E-state index contributed by atoms with van der Waals surface area (Å²) in [5.41, 5.74) is 0.653. The molecule has 0 aliphatic carbocycles. The number of nitrogens with one attached hydrogen (secondary N) is 1. The van der Waals surface area contributed by atoms with E-state index in [1.165, 1.54) is 28.6 Å². The first-order chi connectivity index (χ1) is 16.9. The summed E-state index contributed by atoms with van der Waals surface area (Å²) in [6.45, 7) is 1.70. The zero-order chi connectivity index (χ0) is 26.1. The van der Waals surface area contributed by atoms with Gasteiger partial charge >= 0.3 is 6.36 Å². The van der Waals surface area contributed by atoms with Gasteiger partial charge < -0.3 is 14.6 Å². The molecule has 0 saturated carbocycles. The molecule has 1 fully saturated rings. The van der Waals surface area contributed by atoms with Gasteiger partial charge in [-0.25, -0.2) is 8.42 Å². The summed E-state index contributed by atoms with van der Waals surface area (Å²) in [5.74, 6) is -1.03. The van der Waals surface area contributed by atoms with Crippen LogP contribution in [0.2, 0.25) is 5.02 Å². The molecule has 1 saturated heterocycles. The Morgan fingerprint density at radius 1 is 1.22 bits per heavy atom. The minimum atomic E-state index is -4.82. The average Bonchev–Trinajstić information content (AvgIpc) is 3.26. The van der Waals surface area contributed by atoms with Crippen LogP contribution in [0.3, 0.4) is 0 Å². The Bertz CT molecular complexity index is 1360. The third-order valence-corrected chi connectivity index (χ3v) is 7.79. The first kappa shape index (κ1) is 25.9. The normalized spacial score (nSPS) is 17.1. The van der Waals surface area contributed by atoms with Gasteiger partial charge in [0.05, 0.1) is 10.9 Å². The molecule has 1 N–H and O–H groups in total. The molecule has 2 aromatic carbocycles. The molecule has 0 spiro atoms. The highest BCUT2D eigenvalue weighted by molar-refractivity contribution is 7.89. The van der Waals surface area contributed by atoms with Crippen LogP contribution in [0.1, 0.15) is 18.7 Å². The molecule has 1 aromatic heterocycles. The molecule has 3 aromatic rings. The van der Waals surface area contributed by atoms with Crippen molar-refractivity contribution in [2.75, 3.05) is 18.4 Å². The maximum absolute atomic E-state index is 13.4. The second kappa shape index (κ2) is 10.1. The maximum atomic E-state index is 13.4. The highest BCUT2D eigenvalue weighted by atomic mass is 35.5. The number of rotatable bonds is 6. The Labute approximate surface area is 209 Å². The SMILES string of the molecule is Cc1nc(-c2ccc(Cl)c(S(=O)(=O)N3CCC[C@@H](C(=O)Nc4ccc(OC(F)(F)F)cc4)C3)c2)no1. The Morgan fingerprint density at radius 2 is 1.94 bits per heavy atom. The Morgan fingerprint density at radius 3 is 2.58 bits per heavy atom. The van der Waals surface area contributed by atoms with Crippen LogP contribution in [0.25, 0.3) is 11.4 Å². The topological polar surface area (TPSA) is 115 Å². The number of halogens is 4. The van der Waals surface area contributed by atoms with Crippen molar-refractivity contribution in [2.24, 2.45) is 5.92 Å². The van der Waals surface area contributed by atoms with E-state index in [1.54, 1.807) is 13.0 Å². The van der Waals surface area contributed by atoms with E-state index in [1.807, 2.05) is 0 Å². The molecule has 1 aliphatic rings. The zero-order valence-electron chi connectivity index (χ0n) is 18.8. The van der Waals surface area contributed by atoms with Crippen molar-refractivity contribution in [3.8, 4) is 17.1 Å². The summed E-state index contributed by atoms with van der Waals surface area (Å²) in [5, 5.41) is 6.41. The number of sulfonamides is 1. The number of carbonyl (C=O) groups excluding carboxylic acids is 1. The van der Waals surface area contributed by atoms with Gasteiger partial charge in [0.2, 0.25) is 27.6 Å². The van der Waals surface area contributed by atoms with Gasteiger partial charge in [0.1, 0.15) is 10.6 Å². The summed E-state index contributed by atoms with van der Waals surface area (Å²) in [7, 11) is -4.07. The number of carbonyl (C=O) groups is 1. The van der Waals surface area contributed by atoms with Gasteiger partial charge in [-0.3, -0.25) is 4.79 Å². The minimum Gasteiger partial charge on any atom is -0.406 e. The van der Waals surface area contributed by atoms with Crippen LogP contribution in [0.5, 0.6) is 5.75 Å². The average molecular weight is 545 g/mol. The number of aromatic nitrogens is 2. The van der Waals surface area contributed by atoms with E-state index < -0.39 is 34.0 Å². The van der Waals surface area contributed by atoms with Crippen LogP contribution in [-0.4, -0.2) is 48.2 Å². The van der Waals surface area contributed by atoms with Gasteiger partial charge in [-0.15, -0.1) is 13.2 Å². The molecule has 0 bridgehead atoms. The fourth-order valence-corrected chi connectivity index (χ4v) is 5.78. The first-order valence-corrected chi connectivity index (χ1v) is 12.5. The van der Waals surface area contributed by atoms with Crippen LogP contribution in [0.4, 0.5) is 18.9 Å². The standard InChI is InChI=1S/C22H20ClF3N4O5S/c1-13-27-20(29-35-13)14-4-9-18(23)19(11-14)36(32,33)30-10-2-3-15(12-30)21(31)28-16-5-7-17(8-6-16)34-22(24,25)26/h4-9,11,15H,2-3,10,12H2,1H3,(H,28,31)/t15-/m1/s1. The van der Waals surface area contributed by atoms with Crippen molar-refractivity contribution in [1.29, 1.82) is 0 Å². The van der Waals surface area contributed by atoms with E-state index in [4.69, 9.17) is 16.1 Å². The monoisotopic (exact) mass is 544 g/mol. The number of ether oxygens (including phenoxy) is 1. The van der Waals surface area contributed by atoms with Crippen molar-refractivity contribution >= 4 is 33.2 Å².